The zero-order chi connectivity index (χ0) is 26.3. The Morgan fingerprint density at radius 3 is 2.14 bits per heavy atom. The maximum Gasteiger partial charge on any atom is 0.326 e. The molecule has 2 N–H and O–H groups in total. The lowest BCUT2D eigenvalue weighted by Crippen LogP contribution is -2.33. The van der Waals surface area contributed by atoms with Crippen LogP contribution in [0.4, 0.5) is 11.5 Å². The number of hydrogen-bond donors (Lipinski definition) is 2. The minimum absolute atomic E-state index is 0.342. The molecule has 0 bridgehead atoms. The number of aliphatic carboxylic acids is 1. The van der Waals surface area contributed by atoms with Crippen molar-refractivity contribution < 1.29 is 14.7 Å². The first-order valence-electron chi connectivity index (χ1n) is 12.2. The third-order valence-electron chi connectivity index (χ3n) is 5.57. The van der Waals surface area contributed by atoms with Gasteiger partial charge in [0.15, 0.2) is 0 Å². The van der Waals surface area contributed by atoms with Crippen molar-refractivity contribution >= 4 is 17.5 Å². The first-order chi connectivity index (χ1) is 17.8. The van der Waals surface area contributed by atoms with E-state index in [9.17, 15) is 9.90 Å². The molecule has 0 radical (unpaired) electrons. The van der Waals surface area contributed by atoms with Gasteiger partial charge in [-0.15, -0.1) is 0 Å². The second-order valence-electron chi connectivity index (χ2n) is 9.79. The Morgan fingerprint density at radius 1 is 0.919 bits per heavy atom. The number of nitrogens with one attached hydrogen (secondary N) is 1. The van der Waals surface area contributed by atoms with Crippen LogP contribution in [0.1, 0.15) is 31.9 Å². The summed E-state index contributed by atoms with van der Waals surface area (Å²) in [6, 6.07) is 28.6. The molecule has 0 aliphatic heterocycles. The highest BCUT2D eigenvalue weighted by molar-refractivity contribution is 5.77. The van der Waals surface area contributed by atoms with E-state index in [1.807, 2.05) is 98.6 Å². The molecule has 0 spiro atoms. The summed E-state index contributed by atoms with van der Waals surface area (Å²) >= 11 is 0. The smallest absolute Gasteiger partial charge is 0.326 e. The minimum Gasteiger partial charge on any atom is -0.480 e. The molecule has 4 aromatic rings. The highest BCUT2D eigenvalue weighted by atomic mass is 16.7. The van der Waals surface area contributed by atoms with Crippen LogP contribution in [-0.2, 0) is 22.6 Å². The number of carbonyl (C=O) groups is 1. The Morgan fingerprint density at radius 2 is 1.54 bits per heavy atom. The average Bonchev–Trinajstić information content (AvgIpc) is 2.89. The molecule has 0 saturated heterocycles. The predicted octanol–water partition coefficient (Wildman–Crippen LogP) is 5.99. The van der Waals surface area contributed by atoms with Crippen molar-refractivity contribution in [3.05, 3.63) is 108 Å². The molecule has 0 saturated carbocycles. The van der Waals surface area contributed by atoms with Gasteiger partial charge in [-0.2, -0.15) is 0 Å². The lowest BCUT2D eigenvalue weighted by atomic mass is 10.1. The van der Waals surface area contributed by atoms with Gasteiger partial charge in [0, 0.05) is 18.1 Å². The number of carboxylic acid groups (broad SMARTS) is 1. The third-order valence-corrected chi connectivity index (χ3v) is 5.57. The van der Waals surface area contributed by atoms with Crippen molar-refractivity contribution in [1.82, 2.24) is 9.97 Å². The second-order valence-corrected chi connectivity index (χ2v) is 9.79. The molecule has 4 rings (SSSR count). The van der Waals surface area contributed by atoms with E-state index >= 15 is 0 Å². The maximum absolute atomic E-state index is 11.9. The first kappa shape index (κ1) is 25.9. The van der Waals surface area contributed by atoms with Crippen molar-refractivity contribution in [2.75, 3.05) is 10.4 Å². The fourth-order valence-corrected chi connectivity index (χ4v) is 3.88. The van der Waals surface area contributed by atoms with Crippen LogP contribution < -0.4 is 10.4 Å². The number of aromatic nitrogens is 2. The molecule has 0 aliphatic carbocycles. The number of nitrogens with zero attached hydrogens (tertiary/aromatic N) is 3. The lowest BCUT2D eigenvalue weighted by Gasteiger charge is -2.31. The Bertz CT molecular complexity index is 1290. The summed E-state index contributed by atoms with van der Waals surface area (Å²) in [6.07, 6.45) is 1.78. The van der Waals surface area contributed by atoms with E-state index in [4.69, 9.17) is 4.84 Å². The van der Waals surface area contributed by atoms with Gasteiger partial charge in [-0.05, 0) is 44.0 Å². The van der Waals surface area contributed by atoms with Gasteiger partial charge >= 0.3 is 5.97 Å². The zero-order valence-corrected chi connectivity index (χ0v) is 21.3. The van der Waals surface area contributed by atoms with Crippen molar-refractivity contribution in [1.29, 1.82) is 0 Å². The average molecular weight is 497 g/mol. The van der Waals surface area contributed by atoms with Crippen LogP contribution >= 0.6 is 0 Å². The largest absolute Gasteiger partial charge is 0.480 e. The Kier molecular flexibility index (Phi) is 8.15. The second kappa shape index (κ2) is 11.7. The molecule has 190 valence electrons. The summed E-state index contributed by atoms with van der Waals surface area (Å²) in [6.45, 7) is 6.68. The molecule has 37 heavy (non-hydrogen) atoms. The number of carboxylic acids is 1. The van der Waals surface area contributed by atoms with Crippen LogP contribution in [0.25, 0.3) is 11.3 Å². The van der Waals surface area contributed by atoms with Crippen molar-refractivity contribution in [3.8, 4) is 11.3 Å². The maximum atomic E-state index is 11.9. The summed E-state index contributed by atoms with van der Waals surface area (Å²) in [5.41, 5.74) is 4.22. The zero-order valence-electron chi connectivity index (χ0n) is 21.3. The van der Waals surface area contributed by atoms with E-state index in [2.05, 4.69) is 27.4 Å². The van der Waals surface area contributed by atoms with Crippen LogP contribution in [0.5, 0.6) is 0 Å². The van der Waals surface area contributed by atoms with Crippen LogP contribution in [-0.4, -0.2) is 32.7 Å². The molecular formula is C30H32N4O3. The minimum atomic E-state index is -0.939. The first-order valence-corrected chi connectivity index (χ1v) is 12.2. The van der Waals surface area contributed by atoms with E-state index in [0.717, 1.165) is 22.4 Å². The van der Waals surface area contributed by atoms with Gasteiger partial charge in [0.05, 0.1) is 23.5 Å². The molecule has 1 heterocycles. The van der Waals surface area contributed by atoms with Gasteiger partial charge in [-0.1, -0.05) is 72.8 Å². The molecule has 1 aromatic heterocycles. The van der Waals surface area contributed by atoms with Crippen molar-refractivity contribution in [2.45, 2.75) is 45.4 Å². The highest BCUT2D eigenvalue weighted by Gasteiger charge is 2.20. The standard InChI is InChI=1S/C30H32N4O3/c1-30(2,3)37-34(20-23-12-8-5-9-13-23)25-16-14-24(15-17-25)26-19-28(32-21-31-26)33-27(29(35)36)18-22-10-6-4-7-11-22/h4-17,19,21,27H,18,20H2,1-3H3,(H,35,36)(H,31,32,33). The van der Waals surface area contributed by atoms with Gasteiger partial charge in [0.1, 0.15) is 18.2 Å². The van der Waals surface area contributed by atoms with Crippen LogP contribution in [0, 0.1) is 0 Å². The monoisotopic (exact) mass is 496 g/mol. The molecule has 0 fully saturated rings. The topological polar surface area (TPSA) is 87.6 Å². The van der Waals surface area contributed by atoms with E-state index in [0.29, 0.717) is 24.5 Å². The normalized spacial score (nSPS) is 12.1. The van der Waals surface area contributed by atoms with E-state index in [1.54, 1.807) is 6.07 Å². The summed E-state index contributed by atoms with van der Waals surface area (Å²) < 4.78 is 0. The number of hydrogen-bond acceptors (Lipinski definition) is 6. The summed E-state index contributed by atoms with van der Waals surface area (Å²) in [5.74, 6) is -0.482. The predicted molar refractivity (Wildman–Crippen MR) is 146 cm³/mol. The molecule has 0 amide bonds. The van der Waals surface area contributed by atoms with Gasteiger partial charge in [-0.3, -0.25) is 4.84 Å². The van der Waals surface area contributed by atoms with Crippen molar-refractivity contribution in [2.24, 2.45) is 0 Å². The Balaban J connectivity index is 1.51. The van der Waals surface area contributed by atoms with Gasteiger partial charge < -0.3 is 10.4 Å². The summed E-state index contributed by atoms with van der Waals surface area (Å²) in [7, 11) is 0. The van der Waals surface area contributed by atoms with E-state index < -0.39 is 12.0 Å². The number of hydroxylamine groups is 1. The molecule has 0 aliphatic rings. The Hall–Kier alpha value is -4.23. The fourth-order valence-electron chi connectivity index (χ4n) is 3.88. The summed E-state index contributed by atoms with van der Waals surface area (Å²) in [5, 5.41) is 14.7. The van der Waals surface area contributed by atoms with Gasteiger partial charge in [0.2, 0.25) is 0 Å². The molecule has 7 heteroatoms. The van der Waals surface area contributed by atoms with E-state index in [1.165, 1.54) is 6.33 Å². The van der Waals surface area contributed by atoms with Crippen LogP contribution in [0.2, 0.25) is 0 Å². The number of benzene rings is 3. The highest BCUT2D eigenvalue weighted by Crippen LogP contribution is 2.26. The van der Waals surface area contributed by atoms with Crippen molar-refractivity contribution in [3.63, 3.8) is 0 Å². The Labute approximate surface area is 217 Å². The van der Waals surface area contributed by atoms with Crippen LogP contribution in [0.15, 0.2) is 97.3 Å². The molecular weight excluding hydrogens is 464 g/mol. The van der Waals surface area contributed by atoms with Gasteiger partial charge in [-0.25, -0.2) is 19.8 Å². The lowest BCUT2D eigenvalue weighted by molar-refractivity contribution is -0.137. The summed E-state index contributed by atoms with van der Waals surface area (Å²) in [4.78, 5) is 26.8. The SMILES string of the molecule is CC(C)(C)ON(Cc1ccccc1)c1ccc(-c2cc(NC(Cc3ccccc3)C(=O)O)ncn2)cc1. The molecule has 1 atom stereocenters. The molecule has 7 nitrogen and oxygen atoms in total. The molecule has 1 unspecified atom stereocenters. The fraction of sp³-hybridized carbons (Fsp3) is 0.233. The molecule has 3 aromatic carbocycles. The third kappa shape index (κ3) is 7.62. The van der Waals surface area contributed by atoms with E-state index in [-0.39, 0.29) is 5.60 Å². The van der Waals surface area contributed by atoms with Crippen LogP contribution in [0.3, 0.4) is 0 Å². The van der Waals surface area contributed by atoms with Gasteiger partial charge in [0.25, 0.3) is 0 Å². The quantitative estimate of drug-likeness (QED) is 0.261. The number of anilines is 2. The number of rotatable bonds is 10.